The predicted octanol–water partition coefficient (Wildman–Crippen LogP) is 4.99. The van der Waals surface area contributed by atoms with E-state index in [1.165, 1.54) is 32.1 Å². The fourth-order valence-corrected chi connectivity index (χ4v) is 4.89. The van der Waals surface area contributed by atoms with E-state index in [1.54, 1.807) is 0 Å². The van der Waals surface area contributed by atoms with Crippen molar-refractivity contribution in [2.24, 2.45) is 23.2 Å². The molecule has 1 aliphatic heterocycles. The van der Waals surface area contributed by atoms with Crippen LogP contribution in [0.2, 0.25) is 0 Å². The van der Waals surface area contributed by atoms with Gasteiger partial charge in [-0.05, 0) is 63.2 Å². The van der Waals surface area contributed by atoms with Gasteiger partial charge in [0.2, 0.25) is 5.41 Å². The summed E-state index contributed by atoms with van der Waals surface area (Å²) < 4.78 is 17.5. The number of ether oxygens (including phenoxy) is 3. The first-order chi connectivity index (χ1) is 13.6. The van der Waals surface area contributed by atoms with E-state index in [9.17, 15) is 10.1 Å². The van der Waals surface area contributed by atoms with E-state index in [2.05, 4.69) is 19.9 Å². The third-order valence-corrected chi connectivity index (χ3v) is 7.07. The molecule has 3 rings (SSSR count). The molecule has 0 amide bonds. The van der Waals surface area contributed by atoms with E-state index in [1.807, 2.05) is 0 Å². The summed E-state index contributed by atoms with van der Waals surface area (Å²) in [5, 5.41) is 9.69. The minimum Gasteiger partial charge on any atom is -0.461 e. The fourth-order valence-electron chi connectivity index (χ4n) is 4.89. The largest absolute Gasteiger partial charge is 0.461 e. The van der Waals surface area contributed by atoms with Gasteiger partial charge in [0.1, 0.15) is 6.10 Å². The maximum absolute atomic E-state index is 12.7. The molecule has 3 fully saturated rings. The Morgan fingerprint density at radius 1 is 1.07 bits per heavy atom. The molecule has 0 aromatic carbocycles. The number of carbonyl (C=O) groups is 1. The Labute approximate surface area is 170 Å². The molecule has 0 bridgehead atoms. The van der Waals surface area contributed by atoms with Crippen molar-refractivity contribution in [3.63, 3.8) is 0 Å². The van der Waals surface area contributed by atoms with Gasteiger partial charge in [-0.3, -0.25) is 4.79 Å². The van der Waals surface area contributed by atoms with E-state index >= 15 is 0 Å². The third-order valence-electron chi connectivity index (χ3n) is 7.07. The van der Waals surface area contributed by atoms with Gasteiger partial charge in [-0.25, -0.2) is 0 Å². The number of hydrogen-bond acceptors (Lipinski definition) is 5. The Kier molecular flexibility index (Phi) is 7.77. The van der Waals surface area contributed by atoms with E-state index < -0.39 is 11.4 Å². The highest BCUT2D eigenvalue weighted by Gasteiger charge is 2.48. The highest BCUT2D eigenvalue weighted by molar-refractivity contribution is 5.80. The van der Waals surface area contributed by atoms with Gasteiger partial charge in [0.15, 0.2) is 6.29 Å². The van der Waals surface area contributed by atoms with Crippen LogP contribution >= 0.6 is 0 Å². The zero-order chi connectivity index (χ0) is 20.0. The molecule has 1 heterocycles. The highest BCUT2D eigenvalue weighted by atomic mass is 16.7. The monoisotopic (exact) mass is 391 g/mol. The number of rotatable bonds is 6. The quantitative estimate of drug-likeness (QED) is 0.597. The number of esters is 1. The first kappa shape index (κ1) is 21.6. The lowest BCUT2D eigenvalue weighted by Gasteiger charge is -2.40. The smallest absolute Gasteiger partial charge is 0.331 e. The molecule has 5 nitrogen and oxygen atoms in total. The van der Waals surface area contributed by atoms with E-state index in [0.717, 1.165) is 44.4 Å². The van der Waals surface area contributed by atoms with Crippen molar-refractivity contribution >= 4 is 5.97 Å². The predicted molar refractivity (Wildman–Crippen MR) is 106 cm³/mol. The maximum atomic E-state index is 12.7. The summed E-state index contributed by atoms with van der Waals surface area (Å²) in [5.74, 6) is 1.45. The summed E-state index contributed by atoms with van der Waals surface area (Å²) in [5.41, 5.74) is -1.31. The summed E-state index contributed by atoms with van der Waals surface area (Å²) in [6, 6.07) is 2.14. The number of nitrogens with zero attached hydrogens (tertiary/aromatic N) is 1. The molecule has 0 aromatic heterocycles. The maximum Gasteiger partial charge on any atom is 0.331 e. The molecule has 3 aliphatic rings. The van der Waals surface area contributed by atoms with Crippen molar-refractivity contribution in [1.82, 2.24) is 0 Å². The fraction of sp³-hybridized carbons (Fsp3) is 0.913. The van der Waals surface area contributed by atoms with E-state index in [-0.39, 0.29) is 25.6 Å². The molecule has 2 saturated carbocycles. The number of carbonyl (C=O) groups excluding carboxylic acids is 1. The van der Waals surface area contributed by atoms with Crippen molar-refractivity contribution in [2.75, 3.05) is 13.2 Å². The Hall–Kier alpha value is -1.12. The van der Waals surface area contributed by atoms with Gasteiger partial charge in [-0.15, -0.1) is 0 Å². The van der Waals surface area contributed by atoms with Gasteiger partial charge in [-0.1, -0.05) is 33.1 Å². The molecule has 0 aromatic rings. The summed E-state index contributed by atoms with van der Waals surface area (Å²) in [6.07, 6.45) is 12.2. The molecule has 0 spiro atoms. The second-order valence-corrected chi connectivity index (χ2v) is 9.39. The van der Waals surface area contributed by atoms with Crippen LogP contribution in [0.15, 0.2) is 0 Å². The van der Waals surface area contributed by atoms with Gasteiger partial charge in [0.25, 0.3) is 0 Å². The second-order valence-electron chi connectivity index (χ2n) is 9.39. The van der Waals surface area contributed by atoms with Gasteiger partial charge < -0.3 is 14.2 Å². The van der Waals surface area contributed by atoms with Gasteiger partial charge in [0.05, 0.1) is 19.3 Å². The third kappa shape index (κ3) is 5.27. The summed E-state index contributed by atoms with van der Waals surface area (Å²) in [7, 11) is 0. The van der Waals surface area contributed by atoms with Gasteiger partial charge in [-0.2, -0.15) is 5.26 Å². The minimum atomic E-state index is -1.31. The molecule has 0 unspecified atom stereocenters. The lowest BCUT2D eigenvalue weighted by Crippen LogP contribution is -2.50. The second kappa shape index (κ2) is 10.1. The molecule has 0 atom stereocenters. The molecule has 28 heavy (non-hydrogen) atoms. The molecule has 1 saturated heterocycles. The molecular formula is C23H37NO4. The zero-order valence-corrected chi connectivity index (χ0v) is 17.7. The van der Waals surface area contributed by atoms with Crippen LogP contribution in [0, 0.1) is 34.5 Å². The van der Waals surface area contributed by atoms with Gasteiger partial charge >= 0.3 is 5.97 Å². The molecule has 5 heteroatoms. The van der Waals surface area contributed by atoms with Crippen molar-refractivity contribution in [2.45, 2.75) is 96.9 Å². The normalized spacial score (nSPS) is 39.1. The molecule has 2 aliphatic carbocycles. The van der Waals surface area contributed by atoms with Crippen LogP contribution in [-0.4, -0.2) is 31.6 Å². The Morgan fingerprint density at radius 3 is 2.29 bits per heavy atom. The van der Waals surface area contributed by atoms with Crippen LogP contribution in [-0.2, 0) is 19.0 Å². The van der Waals surface area contributed by atoms with Crippen LogP contribution < -0.4 is 0 Å². The van der Waals surface area contributed by atoms with Crippen molar-refractivity contribution in [3.05, 3.63) is 0 Å². The van der Waals surface area contributed by atoms with Crippen LogP contribution in [0.5, 0.6) is 0 Å². The topological polar surface area (TPSA) is 68.5 Å². The SMILES string of the molecule is CCCCC1CCC(C2OCC(C#N)(C(=O)OC3CCC(C)CC3)CO2)CC1. The first-order valence-electron chi connectivity index (χ1n) is 11.4. The molecule has 0 radical (unpaired) electrons. The number of nitriles is 1. The first-order valence-corrected chi connectivity index (χ1v) is 11.4. The Balaban J connectivity index is 1.46. The van der Waals surface area contributed by atoms with E-state index in [0.29, 0.717) is 11.8 Å². The number of hydrogen-bond donors (Lipinski definition) is 0. The summed E-state index contributed by atoms with van der Waals surface area (Å²) >= 11 is 0. The Morgan fingerprint density at radius 2 is 1.71 bits per heavy atom. The average molecular weight is 392 g/mol. The summed E-state index contributed by atoms with van der Waals surface area (Å²) in [4.78, 5) is 12.7. The molecular weight excluding hydrogens is 354 g/mol. The van der Waals surface area contributed by atoms with E-state index in [4.69, 9.17) is 14.2 Å². The average Bonchev–Trinajstić information content (AvgIpc) is 2.74. The number of unbranched alkanes of at least 4 members (excludes halogenated alkanes) is 1. The van der Waals surface area contributed by atoms with Gasteiger partial charge in [0, 0.05) is 5.92 Å². The lowest BCUT2D eigenvalue weighted by atomic mass is 9.79. The van der Waals surface area contributed by atoms with Crippen molar-refractivity contribution < 1.29 is 19.0 Å². The van der Waals surface area contributed by atoms with Crippen molar-refractivity contribution in [3.8, 4) is 6.07 Å². The molecule has 158 valence electrons. The lowest BCUT2D eigenvalue weighted by molar-refractivity contribution is -0.247. The Bertz CT molecular complexity index is 533. The highest BCUT2D eigenvalue weighted by Crippen LogP contribution is 2.38. The minimum absolute atomic E-state index is 0.0648. The van der Waals surface area contributed by atoms with Crippen LogP contribution in [0.3, 0.4) is 0 Å². The van der Waals surface area contributed by atoms with Crippen LogP contribution in [0.1, 0.15) is 84.5 Å². The van der Waals surface area contributed by atoms with Crippen molar-refractivity contribution in [1.29, 1.82) is 5.26 Å². The zero-order valence-electron chi connectivity index (χ0n) is 17.7. The molecule has 0 N–H and O–H groups in total. The van der Waals surface area contributed by atoms with Crippen LogP contribution in [0.25, 0.3) is 0 Å². The summed E-state index contributed by atoms with van der Waals surface area (Å²) in [6.45, 7) is 4.66. The van der Waals surface area contributed by atoms with Crippen LogP contribution in [0.4, 0.5) is 0 Å². The standard InChI is InChI=1S/C23H37NO4/c1-3-4-5-18-8-10-19(11-9-18)21-26-15-23(14-24,16-27-21)22(25)28-20-12-6-17(2)7-13-20/h17-21H,3-13,15-16H2,1-2H3.